The van der Waals surface area contributed by atoms with Crippen LogP contribution in [0, 0.1) is 0 Å². The molecule has 1 N–H and O–H groups in total. The van der Waals surface area contributed by atoms with E-state index < -0.39 is 11.3 Å². The number of nitrogens with zero attached hydrogens (tertiary/aromatic N) is 1. The molecular weight excluding hydrogens is 376 g/mol. The highest BCUT2D eigenvalue weighted by Crippen LogP contribution is 2.42. The van der Waals surface area contributed by atoms with E-state index in [1.54, 1.807) is 6.07 Å². The number of para-hydroxylation sites is 1. The number of rotatable bonds is 6. The molecule has 8 heteroatoms. The van der Waals surface area contributed by atoms with Crippen molar-refractivity contribution in [3.8, 4) is 11.5 Å². The largest absolute Gasteiger partial charge is 0.755 e. The van der Waals surface area contributed by atoms with Crippen molar-refractivity contribution in [2.24, 2.45) is 0 Å². The zero-order valence-corrected chi connectivity index (χ0v) is 15.8. The average Bonchev–Trinajstić information content (AvgIpc) is 3.11. The zero-order chi connectivity index (χ0) is 17.8. The van der Waals surface area contributed by atoms with E-state index in [2.05, 4.69) is 22.3 Å². The third kappa shape index (κ3) is 4.52. The lowest BCUT2D eigenvalue weighted by Crippen LogP contribution is -2.19. The average molecular weight is 394 g/mol. The van der Waals surface area contributed by atoms with Gasteiger partial charge in [-0.05, 0) is 37.1 Å². The first kappa shape index (κ1) is 18.2. The lowest BCUT2D eigenvalue weighted by Gasteiger charge is -2.25. The Morgan fingerprint density at radius 3 is 2.52 bits per heavy atom. The molecule has 0 aromatic heterocycles. The number of ether oxygens (including phenoxy) is 1. The van der Waals surface area contributed by atoms with Crippen LogP contribution in [0.2, 0.25) is 0 Å². The summed E-state index contributed by atoms with van der Waals surface area (Å²) in [4.78, 5) is 2.17. The van der Waals surface area contributed by atoms with Gasteiger partial charge < -0.3 is 18.9 Å². The predicted octanol–water partition coefficient (Wildman–Crippen LogP) is 3.89. The Morgan fingerprint density at radius 2 is 1.92 bits per heavy atom. The smallest absolute Gasteiger partial charge is 0.174 e. The van der Waals surface area contributed by atoms with Crippen LogP contribution in [0.5, 0.6) is 11.5 Å². The number of thiocarbonyl (C=S) groups is 1. The van der Waals surface area contributed by atoms with Crippen LogP contribution < -0.4 is 14.4 Å². The Kier molecular flexibility index (Phi) is 5.95. The molecule has 1 atom stereocenters. The first-order valence-corrected chi connectivity index (χ1v) is 9.73. The molecule has 1 aliphatic rings. The molecule has 2 aromatic rings. The molecule has 1 saturated heterocycles. The fraction of sp³-hybridized carbons (Fsp3) is 0.235. The number of benzene rings is 2. The van der Waals surface area contributed by atoms with Gasteiger partial charge in [0.05, 0.1) is 15.6 Å². The summed E-state index contributed by atoms with van der Waals surface area (Å²) in [6, 6.07) is 12.8. The highest BCUT2D eigenvalue weighted by atomic mass is 32.2. The first-order chi connectivity index (χ1) is 12.0. The summed E-state index contributed by atoms with van der Waals surface area (Å²) in [6.45, 7) is 1.77. The fourth-order valence-electron chi connectivity index (χ4n) is 2.81. The molecule has 0 aliphatic carbocycles. The first-order valence-electron chi connectivity index (χ1n) is 7.79. The second kappa shape index (κ2) is 8.18. The van der Waals surface area contributed by atoms with Crippen LogP contribution in [0.3, 0.4) is 0 Å². The minimum Gasteiger partial charge on any atom is -0.755 e. The monoisotopic (exact) mass is 393 g/mol. The van der Waals surface area contributed by atoms with Gasteiger partial charge in [0.1, 0.15) is 5.75 Å². The third-order valence-corrected chi connectivity index (χ3v) is 4.80. The molecule has 132 valence electrons. The van der Waals surface area contributed by atoms with Crippen molar-refractivity contribution in [2.45, 2.75) is 12.8 Å². The van der Waals surface area contributed by atoms with Crippen molar-refractivity contribution in [3.05, 3.63) is 48.0 Å². The minimum atomic E-state index is -2.48. The lowest BCUT2D eigenvalue weighted by atomic mass is 10.1. The number of hydrogen-bond acceptors (Lipinski definition) is 5. The Morgan fingerprint density at radius 1 is 1.24 bits per heavy atom. The van der Waals surface area contributed by atoms with Crippen LogP contribution >= 0.6 is 24.8 Å². The van der Waals surface area contributed by atoms with Crippen molar-refractivity contribution in [2.75, 3.05) is 22.7 Å². The van der Waals surface area contributed by atoms with Gasteiger partial charge in [-0.25, -0.2) is 0 Å². The van der Waals surface area contributed by atoms with Gasteiger partial charge in [-0.1, -0.05) is 30.4 Å². The second-order valence-corrected chi connectivity index (χ2v) is 7.45. The van der Waals surface area contributed by atoms with E-state index in [1.807, 2.05) is 36.4 Å². The van der Waals surface area contributed by atoms with Crippen LogP contribution in [-0.4, -0.2) is 26.0 Å². The fourth-order valence-corrected chi connectivity index (χ4v) is 3.39. The number of nitrogens with one attached hydrogen (secondary N) is 1. The number of anilines is 2. The summed E-state index contributed by atoms with van der Waals surface area (Å²) in [5.41, 5.74) is 1.82. The molecule has 1 heterocycles. The predicted molar refractivity (Wildman–Crippen MR) is 108 cm³/mol. The maximum absolute atomic E-state index is 11.3. The summed E-state index contributed by atoms with van der Waals surface area (Å²) < 4.78 is 31.4. The molecule has 3 rings (SSSR count). The Bertz CT molecular complexity index is 793. The van der Waals surface area contributed by atoms with Gasteiger partial charge >= 0.3 is 0 Å². The van der Waals surface area contributed by atoms with Crippen molar-refractivity contribution in [1.29, 1.82) is 0 Å². The summed E-state index contributed by atoms with van der Waals surface area (Å²) in [7, 11) is 0. The van der Waals surface area contributed by atoms with Gasteiger partial charge in [0.25, 0.3) is 0 Å². The van der Waals surface area contributed by atoms with Crippen molar-refractivity contribution < 1.29 is 13.5 Å². The molecule has 1 aliphatic heterocycles. The van der Waals surface area contributed by atoms with Crippen molar-refractivity contribution in [3.63, 3.8) is 0 Å². The Hall–Kier alpha value is -1.61. The van der Waals surface area contributed by atoms with E-state index in [-0.39, 0.29) is 0 Å². The Labute approximate surface area is 160 Å². The molecule has 0 spiro atoms. The highest BCUT2D eigenvalue weighted by molar-refractivity contribution is 8.11. The summed E-state index contributed by atoms with van der Waals surface area (Å²) in [5, 5.41) is 0. The van der Waals surface area contributed by atoms with Gasteiger partial charge in [0.15, 0.2) is 5.75 Å². The van der Waals surface area contributed by atoms with Gasteiger partial charge in [0.2, 0.25) is 0 Å². The van der Waals surface area contributed by atoms with Crippen LogP contribution in [0.25, 0.3) is 0 Å². The van der Waals surface area contributed by atoms with E-state index >= 15 is 0 Å². The quantitative estimate of drug-likeness (QED) is 0.443. The van der Waals surface area contributed by atoms with E-state index in [9.17, 15) is 8.76 Å². The molecule has 5 nitrogen and oxygen atoms in total. The minimum absolute atomic E-state index is 0.341. The normalized spacial score (nSPS) is 15.0. The van der Waals surface area contributed by atoms with Gasteiger partial charge in [0, 0.05) is 29.9 Å². The molecule has 0 radical (unpaired) electrons. The SMILES string of the molecule is O=S([O-])Nc1cc(C(=S)S)cc(N2CCCC2)c1Oc1ccccc1. The second-order valence-electron chi connectivity index (χ2n) is 5.62. The summed E-state index contributed by atoms with van der Waals surface area (Å²) in [6.07, 6.45) is 2.16. The van der Waals surface area contributed by atoms with Crippen LogP contribution in [-0.2, 0) is 11.3 Å². The van der Waals surface area contributed by atoms with Gasteiger partial charge in [-0.3, -0.25) is 4.21 Å². The summed E-state index contributed by atoms with van der Waals surface area (Å²) in [5.74, 6) is 1.09. The highest BCUT2D eigenvalue weighted by Gasteiger charge is 2.22. The zero-order valence-electron chi connectivity index (χ0n) is 13.3. The van der Waals surface area contributed by atoms with Crippen LogP contribution in [0.1, 0.15) is 18.4 Å². The lowest BCUT2D eigenvalue weighted by molar-refractivity contribution is 0.484. The van der Waals surface area contributed by atoms with Gasteiger partial charge in [-0.2, -0.15) is 0 Å². The third-order valence-electron chi connectivity index (χ3n) is 3.92. The standard InChI is InChI=1S/C17H18N2O3S3/c20-25(21)18-14-10-12(17(23)24)11-15(19-8-4-5-9-19)16(14)22-13-6-2-1-3-7-13/h1-3,6-7,10-11,18H,4-5,8-9H2,(H,20,21)(H,23,24)/p-1. The molecule has 1 fully saturated rings. The number of hydrogen-bond donors (Lipinski definition) is 2. The van der Waals surface area contributed by atoms with E-state index in [0.717, 1.165) is 31.6 Å². The summed E-state index contributed by atoms with van der Waals surface area (Å²) >= 11 is 6.92. The van der Waals surface area contributed by atoms with Crippen LogP contribution in [0.15, 0.2) is 42.5 Å². The van der Waals surface area contributed by atoms with Gasteiger partial charge in [-0.15, -0.1) is 12.6 Å². The molecule has 0 amide bonds. The molecule has 2 aromatic carbocycles. The maximum atomic E-state index is 11.3. The molecular formula is C17H17N2O3S3-. The Balaban J connectivity index is 2.12. The molecule has 0 saturated carbocycles. The van der Waals surface area contributed by atoms with E-state index in [1.165, 1.54) is 0 Å². The maximum Gasteiger partial charge on any atom is 0.174 e. The van der Waals surface area contributed by atoms with E-state index in [0.29, 0.717) is 26.9 Å². The van der Waals surface area contributed by atoms with Crippen molar-refractivity contribution in [1.82, 2.24) is 0 Å². The van der Waals surface area contributed by atoms with E-state index in [4.69, 9.17) is 17.0 Å². The molecule has 1 unspecified atom stereocenters. The molecule has 0 bridgehead atoms. The number of thiol groups is 1. The molecule has 25 heavy (non-hydrogen) atoms. The van der Waals surface area contributed by atoms with Crippen LogP contribution in [0.4, 0.5) is 11.4 Å². The topological polar surface area (TPSA) is 64.6 Å². The van der Waals surface area contributed by atoms with Crippen molar-refractivity contribution >= 4 is 51.7 Å².